The molecule has 2 aromatic carbocycles. The van der Waals surface area contributed by atoms with E-state index in [1.54, 1.807) is 0 Å². The van der Waals surface area contributed by atoms with Crippen LogP contribution in [0, 0.1) is 5.41 Å². The van der Waals surface area contributed by atoms with Crippen LogP contribution in [0.15, 0.2) is 54.6 Å². The third kappa shape index (κ3) is 4.58. The largest absolute Gasteiger partial charge is 0.483 e. The van der Waals surface area contributed by atoms with Gasteiger partial charge in [0.05, 0.1) is 23.7 Å². The Hall–Kier alpha value is -3.43. The third-order valence-corrected chi connectivity index (χ3v) is 5.81. The van der Waals surface area contributed by atoms with E-state index in [-0.39, 0.29) is 26.0 Å². The van der Waals surface area contributed by atoms with E-state index < -0.39 is 17.5 Å². The number of carboxylic acids is 1. The lowest BCUT2D eigenvalue weighted by Crippen LogP contribution is -2.57. The first kappa shape index (κ1) is 23.2. The van der Waals surface area contributed by atoms with Gasteiger partial charge < -0.3 is 29.9 Å². The molecule has 1 saturated heterocycles. The standard InChI is InChI=1S/C22H25N3O4.CH2O2/c26-13-12-25-18-9-5-4-8-17(18)23-21(25)24-11-10-19(27)22(15-24,20(28)29)14-16-6-2-1-3-7-16;2-1-3/h1-9,19,26-27H,10-15H2,(H,28,29);1H,(H,2,3)/t19-,22+;/m0./s1. The van der Waals surface area contributed by atoms with E-state index in [0.29, 0.717) is 25.5 Å². The maximum atomic E-state index is 12.4. The monoisotopic (exact) mass is 441 g/mol. The van der Waals surface area contributed by atoms with E-state index in [4.69, 9.17) is 14.9 Å². The average Bonchev–Trinajstić information content (AvgIpc) is 3.15. The number of aliphatic hydroxyl groups is 2. The van der Waals surface area contributed by atoms with E-state index in [0.717, 1.165) is 16.6 Å². The van der Waals surface area contributed by atoms with Crippen LogP contribution in [0.25, 0.3) is 11.0 Å². The molecule has 4 N–H and O–H groups in total. The highest BCUT2D eigenvalue weighted by molar-refractivity contribution is 5.80. The molecule has 170 valence electrons. The topological polar surface area (TPSA) is 136 Å². The number of hydrogen-bond donors (Lipinski definition) is 4. The van der Waals surface area contributed by atoms with Crippen LogP contribution in [0.2, 0.25) is 0 Å². The summed E-state index contributed by atoms with van der Waals surface area (Å²) in [5.41, 5.74) is 1.24. The molecule has 2 heterocycles. The van der Waals surface area contributed by atoms with Crippen LogP contribution in [-0.4, -0.2) is 68.2 Å². The summed E-state index contributed by atoms with van der Waals surface area (Å²) in [6.45, 7) is 0.721. The molecule has 0 radical (unpaired) electrons. The predicted octanol–water partition coefficient (Wildman–Crippen LogP) is 1.61. The van der Waals surface area contributed by atoms with Crippen LogP contribution in [0.1, 0.15) is 12.0 Å². The van der Waals surface area contributed by atoms with Crippen LogP contribution in [0.5, 0.6) is 0 Å². The summed E-state index contributed by atoms with van der Waals surface area (Å²) in [7, 11) is 0. The van der Waals surface area contributed by atoms with Crippen LogP contribution >= 0.6 is 0 Å². The van der Waals surface area contributed by atoms with Crippen LogP contribution in [0.4, 0.5) is 5.95 Å². The molecule has 0 aliphatic carbocycles. The number of aromatic nitrogens is 2. The smallest absolute Gasteiger partial charge is 0.314 e. The van der Waals surface area contributed by atoms with E-state index in [9.17, 15) is 20.1 Å². The number of hydrogen-bond acceptors (Lipinski definition) is 6. The minimum Gasteiger partial charge on any atom is -0.483 e. The summed E-state index contributed by atoms with van der Waals surface area (Å²) in [5.74, 6) is -0.380. The number of nitrogens with zero attached hydrogens (tertiary/aromatic N) is 3. The number of carboxylic acid groups (broad SMARTS) is 2. The van der Waals surface area contributed by atoms with Crippen molar-refractivity contribution in [2.24, 2.45) is 5.41 Å². The number of aliphatic carboxylic acids is 1. The first-order valence-electron chi connectivity index (χ1n) is 10.3. The molecule has 3 aromatic rings. The Balaban J connectivity index is 0.000000913. The number of carbonyl (C=O) groups is 2. The van der Waals surface area contributed by atoms with Gasteiger partial charge in [-0.25, -0.2) is 4.98 Å². The average molecular weight is 441 g/mol. The van der Waals surface area contributed by atoms with Crippen molar-refractivity contribution < 1.29 is 30.0 Å². The molecule has 1 fully saturated rings. The second kappa shape index (κ2) is 10.3. The lowest BCUT2D eigenvalue weighted by Gasteiger charge is -2.44. The van der Waals surface area contributed by atoms with Gasteiger partial charge in [0.1, 0.15) is 5.41 Å². The molecule has 9 nitrogen and oxygen atoms in total. The van der Waals surface area contributed by atoms with Crippen molar-refractivity contribution in [3.63, 3.8) is 0 Å². The molecule has 0 saturated carbocycles. The fraction of sp³-hybridized carbons (Fsp3) is 0.348. The molecule has 9 heteroatoms. The fourth-order valence-corrected chi connectivity index (χ4v) is 4.29. The number of imidazole rings is 1. The minimum absolute atomic E-state index is 0.0437. The van der Waals surface area contributed by atoms with Gasteiger partial charge in [0, 0.05) is 19.6 Å². The lowest BCUT2D eigenvalue weighted by atomic mass is 9.73. The highest BCUT2D eigenvalue weighted by Crippen LogP contribution is 2.37. The van der Waals surface area contributed by atoms with Gasteiger partial charge in [-0.1, -0.05) is 42.5 Å². The van der Waals surface area contributed by atoms with Crippen LogP contribution < -0.4 is 4.90 Å². The number of benzene rings is 2. The van der Waals surface area contributed by atoms with Crippen molar-refractivity contribution in [1.82, 2.24) is 9.55 Å². The summed E-state index contributed by atoms with van der Waals surface area (Å²) < 4.78 is 1.92. The Morgan fingerprint density at radius 2 is 1.81 bits per heavy atom. The van der Waals surface area contributed by atoms with Gasteiger partial charge in [-0.3, -0.25) is 9.59 Å². The maximum absolute atomic E-state index is 12.4. The Labute approximate surface area is 185 Å². The zero-order valence-electron chi connectivity index (χ0n) is 17.5. The second-order valence-electron chi connectivity index (χ2n) is 7.73. The maximum Gasteiger partial charge on any atom is 0.314 e. The lowest BCUT2D eigenvalue weighted by molar-refractivity contribution is -0.157. The summed E-state index contributed by atoms with van der Waals surface area (Å²) >= 11 is 0. The summed E-state index contributed by atoms with van der Waals surface area (Å²) in [5, 5.41) is 37.3. The zero-order valence-corrected chi connectivity index (χ0v) is 17.5. The van der Waals surface area contributed by atoms with Crippen molar-refractivity contribution in [2.75, 3.05) is 24.6 Å². The predicted molar refractivity (Wildman–Crippen MR) is 119 cm³/mol. The van der Waals surface area contributed by atoms with Crippen molar-refractivity contribution >= 4 is 29.4 Å². The van der Waals surface area contributed by atoms with Crippen molar-refractivity contribution in [2.45, 2.75) is 25.5 Å². The number of piperidine rings is 1. The molecular formula is C23H27N3O6. The van der Waals surface area contributed by atoms with E-state index in [2.05, 4.69) is 0 Å². The first-order valence-corrected chi connectivity index (χ1v) is 10.3. The highest BCUT2D eigenvalue weighted by atomic mass is 16.4. The van der Waals surface area contributed by atoms with Gasteiger partial charge in [0.15, 0.2) is 0 Å². The molecule has 1 aliphatic heterocycles. The summed E-state index contributed by atoms with van der Waals surface area (Å²) in [6.07, 6.45) is -0.380. The Kier molecular flexibility index (Phi) is 7.45. The van der Waals surface area contributed by atoms with Gasteiger partial charge >= 0.3 is 5.97 Å². The molecule has 2 atom stereocenters. The number of para-hydroxylation sites is 2. The van der Waals surface area contributed by atoms with E-state index in [1.165, 1.54) is 0 Å². The first-order chi connectivity index (χ1) is 15.5. The van der Waals surface area contributed by atoms with Gasteiger partial charge in [0.25, 0.3) is 6.47 Å². The molecule has 32 heavy (non-hydrogen) atoms. The molecule has 0 spiro atoms. The van der Waals surface area contributed by atoms with Crippen LogP contribution in [0.3, 0.4) is 0 Å². The zero-order chi connectivity index (χ0) is 23.1. The number of anilines is 1. The SMILES string of the molecule is O=C(O)[C@]1(Cc2ccccc2)CN(c2nc3ccccc3n2CCO)CC[C@@H]1O.O=CO. The molecule has 1 aliphatic rings. The van der Waals surface area contributed by atoms with Gasteiger partial charge in [-0.2, -0.15) is 0 Å². The van der Waals surface area contributed by atoms with Gasteiger partial charge in [-0.15, -0.1) is 0 Å². The second-order valence-corrected chi connectivity index (χ2v) is 7.73. The summed E-state index contributed by atoms with van der Waals surface area (Å²) in [6, 6.07) is 17.1. The molecule has 4 rings (SSSR count). The van der Waals surface area contributed by atoms with Gasteiger partial charge in [0.2, 0.25) is 5.95 Å². The molecule has 0 unspecified atom stereocenters. The fourth-order valence-electron chi connectivity index (χ4n) is 4.29. The number of fused-ring (bicyclic) bond motifs is 1. The van der Waals surface area contributed by atoms with Crippen molar-refractivity contribution in [3.8, 4) is 0 Å². The Bertz CT molecular complexity index is 1050. The normalized spacial score (nSPS) is 20.4. The highest BCUT2D eigenvalue weighted by Gasteiger charge is 2.50. The minimum atomic E-state index is -1.33. The van der Waals surface area contributed by atoms with E-state index >= 15 is 0 Å². The van der Waals surface area contributed by atoms with Crippen molar-refractivity contribution in [3.05, 3.63) is 60.2 Å². The molecule has 0 amide bonds. The van der Waals surface area contributed by atoms with Crippen molar-refractivity contribution in [1.29, 1.82) is 0 Å². The summed E-state index contributed by atoms with van der Waals surface area (Å²) in [4.78, 5) is 27.4. The van der Waals surface area contributed by atoms with E-state index in [1.807, 2.05) is 64.1 Å². The third-order valence-electron chi connectivity index (χ3n) is 5.81. The number of aliphatic hydroxyl groups excluding tert-OH is 2. The van der Waals surface area contributed by atoms with Crippen LogP contribution in [-0.2, 0) is 22.6 Å². The Morgan fingerprint density at radius 3 is 2.47 bits per heavy atom. The van der Waals surface area contributed by atoms with Gasteiger partial charge in [-0.05, 0) is 30.5 Å². The molecule has 1 aromatic heterocycles. The Morgan fingerprint density at radius 1 is 1.16 bits per heavy atom. The molecule has 0 bridgehead atoms. The molecular weight excluding hydrogens is 414 g/mol. The quantitative estimate of drug-likeness (QED) is 0.424. The number of rotatable bonds is 6.